The van der Waals surface area contributed by atoms with Crippen molar-refractivity contribution in [1.29, 1.82) is 0 Å². The second-order valence-corrected chi connectivity index (χ2v) is 4.18. The summed E-state index contributed by atoms with van der Waals surface area (Å²) in [5.41, 5.74) is -0.517. The SMILES string of the molecule is O=C1COCC2(CCC(F)(F)CC2)N1. The topological polar surface area (TPSA) is 38.3 Å². The molecule has 1 saturated heterocycles. The highest BCUT2D eigenvalue weighted by atomic mass is 19.3. The Balaban J connectivity index is 2.01. The first-order valence-electron chi connectivity index (χ1n) is 4.78. The van der Waals surface area contributed by atoms with Gasteiger partial charge in [0.1, 0.15) is 6.61 Å². The Morgan fingerprint density at radius 1 is 1.21 bits per heavy atom. The monoisotopic (exact) mass is 205 g/mol. The number of ether oxygens (including phenoxy) is 1. The van der Waals surface area contributed by atoms with Gasteiger partial charge in [-0.2, -0.15) is 0 Å². The van der Waals surface area contributed by atoms with E-state index >= 15 is 0 Å². The highest BCUT2D eigenvalue weighted by Gasteiger charge is 2.45. The number of alkyl halides is 2. The van der Waals surface area contributed by atoms with Crippen LogP contribution in [-0.2, 0) is 9.53 Å². The molecule has 0 unspecified atom stereocenters. The second-order valence-electron chi connectivity index (χ2n) is 4.18. The third-order valence-corrected chi connectivity index (χ3v) is 2.95. The van der Waals surface area contributed by atoms with Gasteiger partial charge in [-0.1, -0.05) is 0 Å². The van der Waals surface area contributed by atoms with Crippen molar-refractivity contribution in [2.45, 2.75) is 37.1 Å². The number of carbonyl (C=O) groups is 1. The lowest BCUT2D eigenvalue weighted by atomic mass is 9.80. The highest BCUT2D eigenvalue weighted by molar-refractivity contribution is 5.78. The molecular weight excluding hydrogens is 192 g/mol. The lowest BCUT2D eigenvalue weighted by Gasteiger charge is -2.42. The fourth-order valence-electron chi connectivity index (χ4n) is 2.07. The van der Waals surface area contributed by atoms with E-state index in [1.165, 1.54) is 0 Å². The molecule has 3 nitrogen and oxygen atoms in total. The highest BCUT2D eigenvalue weighted by Crippen LogP contribution is 2.39. The number of carbonyl (C=O) groups excluding carboxylic acids is 1. The first kappa shape index (κ1) is 9.83. The first-order valence-corrected chi connectivity index (χ1v) is 4.78. The zero-order valence-electron chi connectivity index (χ0n) is 7.82. The normalized spacial score (nSPS) is 30.0. The van der Waals surface area contributed by atoms with Crippen molar-refractivity contribution in [3.05, 3.63) is 0 Å². The number of morpholine rings is 1. The summed E-state index contributed by atoms with van der Waals surface area (Å²) in [5, 5.41) is 2.77. The molecule has 0 atom stereocenters. The number of hydrogen-bond donors (Lipinski definition) is 1. The van der Waals surface area contributed by atoms with E-state index in [4.69, 9.17) is 4.74 Å². The lowest BCUT2D eigenvalue weighted by molar-refractivity contribution is -0.141. The van der Waals surface area contributed by atoms with Gasteiger partial charge >= 0.3 is 0 Å². The lowest BCUT2D eigenvalue weighted by Crippen LogP contribution is -2.59. The summed E-state index contributed by atoms with van der Waals surface area (Å²) >= 11 is 0. The van der Waals surface area contributed by atoms with Gasteiger partial charge in [0, 0.05) is 12.8 Å². The maximum absolute atomic E-state index is 12.9. The summed E-state index contributed by atoms with van der Waals surface area (Å²) in [5.74, 6) is -2.76. The zero-order chi connectivity index (χ0) is 10.2. The summed E-state index contributed by atoms with van der Waals surface area (Å²) in [7, 11) is 0. The van der Waals surface area contributed by atoms with Gasteiger partial charge in [0.2, 0.25) is 11.8 Å². The molecule has 5 heteroatoms. The van der Waals surface area contributed by atoms with Crippen LogP contribution in [0.5, 0.6) is 0 Å². The van der Waals surface area contributed by atoms with Crippen molar-refractivity contribution in [1.82, 2.24) is 5.32 Å². The summed E-state index contributed by atoms with van der Waals surface area (Å²) < 4.78 is 30.9. The van der Waals surface area contributed by atoms with Crippen LogP contribution in [0, 0.1) is 0 Å². The van der Waals surface area contributed by atoms with E-state index in [-0.39, 0.29) is 25.4 Å². The maximum atomic E-state index is 12.9. The second kappa shape index (κ2) is 3.15. The molecule has 0 aromatic carbocycles. The van der Waals surface area contributed by atoms with E-state index in [1.807, 2.05) is 0 Å². The average molecular weight is 205 g/mol. The number of rotatable bonds is 0. The van der Waals surface area contributed by atoms with Crippen molar-refractivity contribution < 1.29 is 18.3 Å². The Kier molecular flexibility index (Phi) is 2.21. The molecule has 1 aliphatic carbocycles. The van der Waals surface area contributed by atoms with Crippen LogP contribution in [-0.4, -0.2) is 30.6 Å². The van der Waals surface area contributed by atoms with E-state index in [1.54, 1.807) is 0 Å². The predicted octanol–water partition coefficient (Wildman–Crippen LogP) is 1.08. The third kappa shape index (κ3) is 1.87. The van der Waals surface area contributed by atoms with Crippen LogP contribution in [0.4, 0.5) is 8.78 Å². The van der Waals surface area contributed by atoms with Gasteiger partial charge in [0.05, 0.1) is 12.1 Å². The molecule has 2 fully saturated rings. The maximum Gasteiger partial charge on any atom is 0.248 e. The number of amides is 1. The molecule has 0 radical (unpaired) electrons. The van der Waals surface area contributed by atoms with Crippen LogP contribution in [0.15, 0.2) is 0 Å². The average Bonchev–Trinajstić information content (AvgIpc) is 2.12. The predicted molar refractivity (Wildman–Crippen MR) is 45.1 cm³/mol. The van der Waals surface area contributed by atoms with Crippen LogP contribution >= 0.6 is 0 Å². The molecular formula is C9H13F2NO2. The molecule has 0 bridgehead atoms. The van der Waals surface area contributed by atoms with Crippen LogP contribution in [0.3, 0.4) is 0 Å². The van der Waals surface area contributed by atoms with Gasteiger partial charge in [-0.05, 0) is 12.8 Å². The first-order chi connectivity index (χ1) is 6.52. The minimum absolute atomic E-state index is 0.0537. The van der Waals surface area contributed by atoms with Crippen molar-refractivity contribution in [3.8, 4) is 0 Å². The molecule has 0 aromatic heterocycles. The number of hydrogen-bond acceptors (Lipinski definition) is 2. The summed E-state index contributed by atoms with van der Waals surface area (Å²) in [4.78, 5) is 11.1. The van der Waals surface area contributed by atoms with E-state index < -0.39 is 11.5 Å². The smallest absolute Gasteiger partial charge is 0.248 e. The Hall–Kier alpha value is -0.710. The van der Waals surface area contributed by atoms with E-state index in [0.717, 1.165) is 0 Å². The van der Waals surface area contributed by atoms with Gasteiger partial charge in [0.25, 0.3) is 0 Å². The molecule has 2 aliphatic rings. The fourth-order valence-corrected chi connectivity index (χ4v) is 2.07. The van der Waals surface area contributed by atoms with Gasteiger partial charge in [-0.15, -0.1) is 0 Å². The summed E-state index contributed by atoms with van der Waals surface area (Å²) in [6, 6.07) is 0. The molecule has 1 spiro atoms. The molecule has 1 amide bonds. The van der Waals surface area contributed by atoms with Crippen LogP contribution in [0.25, 0.3) is 0 Å². The molecule has 1 N–H and O–H groups in total. The van der Waals surface area contributed by atoms with Crippen LogP contribution < -0.4 is 5.32 Å². The Morgan fingerprint density at radius 2 is 1.86 bits per heavy atom. The molecule has 1 aliphatic heterocycles. The van der Waals surface area contributed by atoms with E-state index in [2.05, 4.69) is 5.32 Å². The fraction of sp³-hybridized carbons (Fsp3) is 0.889. The third-order valence-electron chi connectivity index (χ3n) is 2.95. The molecule has 0 aromatic rings. The van der Waals surface area contributed by atoms with Crippen LogP contribution in [0.2, 0.25) is 0 Å². The van der Waals surface area contributed by atoms with Crippen molar-refractivity contribution in [2.24, 2.45) is 0 Å². The minimum atomic E-state index is -2.56. The van der Waals surface area contributed by atoms with Gasteiger partial charge in [-0.25, -0.2) is 8.78 Å². The Bertz CT molecular complexity index is 245. The van der Waals surface area contributed by atoms with E-state index in [9.17, 15) is 13.6 Å². The minimum Gasteiger partial charge on any atom is -0.369 e. The number of nitrogens with one attached hydrogen (secondary N) is 1. The molecule has 1 saturated carbocycles. The largest absolute Gasteiger partial charge is 0.369 e. The quantitative estimate of drug-likeness (QED) is 0.642. The van der Waals surface area contributed by atoms with Crippen molar-refractivity contribution in [2.75, 3.05) is 13.2 Å². The molecule has 2 rings (SSSR count). The summed E-state index contributed by atoms with van der Waals surface area (Å²) in [6.45, 7) is 0.424. The van der Waals surface area contributed by atoms with E-state index in [0.29, 0.717) is 19.4 Å². The van der Waals surface area contributed by atoms with Gasteiger partial charge < -0.3 is 10.1 Å². The Morgan fingerprint density at radius 3 is 2.43 bits per heavy atom. The van der Waals surface area contributed by atoms with Crippen molar-refractivity contribution >= 4 is 5.91 Å². The molecule has 80 valence electrons. The van der Waals surface area contributed by atoms with Gasteiger partial charge in [0.15, 0.2) is 0 Å². The zero-order valence-corrected chi connectivity index (χ0v) is 7.82. The standard InChI is InChI=1S/C9H13F2NO2/c10-9(11)3-1-8(2-4-9)6-14-5-7(13)12-8/h1-6H2,(H,12,13). The number of halogens is 2. The van der Waals surface area contributed by atoms with Crippen molar-refractivity contribution in [3.63, 3.8) is 0 Å². The van der Waals surface area contributed by atoms with Gasteiger partial charge in [-0.3, -0.25) is 4.79 Å². The molecule has 14 heavy (non-hydrogen) atoms. The summed E-state index contributed by atoms with van der Waals surface area (Å²) in [6.07, 6.45) is 0.310. The molecule has 1 heterocycles. The Labute approximate surface area is 80.8 Å². The van der Waals surface area contributed by atoms with Crippen LogP contribution in [0.1, 0.15) is 25.7 Å².